The summed E-state index contributed by atoms with van der Waals surface area (Å²) in [4.78, 5) is 16.5. The minimum Gasteiger partial charge on any atom is -0.494 e. The Labute approximate surface area is 192 Å². The zero-order valence-corrected chi connectivity index (χ0v) is 18.7. The van der Waals surface area contributed by atoms with Crippen molar-refractivity contribution in [2.24, 2.45) is 0 Å². The Balaban J connectivity index is 1.27. The number of nitrogens with zero attached hydrogens (tertiary/aromatic N) is 4. The summed E-state index contributed by atoms with van der Waals surface area (Å²) in [5.41, 5.74) is 1.59. The first-order valence-corrected chi connectivity index (χ1v) is 11.0. The highest BCUT2D eigenvalue weighted by molar-refractivity contribution is 6.33. The number of amides is 1. The van der Waals surface area contributed by atoms with Gasteiger partial charge >= 0.3 is 0 Å². The van der Waals surface area contributed by atoms with Crippen molar-refractivity contribution in [3.63, 3.8) is 0 Å². The van der Waals surface area contributed by atoms with Gasteiger partial charge < -0.3 is 19.3 Å². The molecule has 166 valence electrons. The molecule has 3 aromatic rings. The maximum Gasteiger partial charge on any atom is 0.260 e. The van der Waals surface area contributed by atoms with Gasteiger partial charge in [-0.25, -0.2) is 0 Å². The topological polar surface area (TPSA) is 67.8 Å². The molecule has 0 atom stereocenters. The fraction of sp³-hybridized carbons (Fsp3) is 0.292. The van der Waals surface area contributed by atoms with Crippen molar-refractivity contribution in [3.05, 3.63) is 65.7 Å². The Bertz CT molecular complexity index is 1040. The summed E-state index contributed by atoms with van der Waals surface area (Å²) in [6.45, 7) is 5.16. The van der Waals surface area contributed by atoms with Gasteiger partial charge in [0.1, 0.15) is 11.5 Å². The smallest absolute Gasteiger partial charge is 0.260 e. The molecule has 1 aliphatic heterocycles. The Morgan fingerprint density at radius 3 is 2.22 bits per heavy atom. The highest BCUT2D eigenvalue weighted by Gasteiger charge is 2.22. The molecule has 1 saturated heterocycles. The lowest BCUT2D eigenvalue weighted by molar-refractivity contribution is -0.133. The molecule has 32 heavy (non-hydrogen) atoms. The summed E-state index contributed by atoms with van der Waals surface area (Å²) in [5, 5.41) is 9.35. The van der Waals surface area contributed by atoms with E-state index in [1.807, 2.05) is 60.4 Å². The molecular weight excluding hydrogens is 428 g/mol. The fourth-order valence-corrected chi connectivity index (χ4v) is 3.76. The number of carbonyl (C=O) groups excluding carboxylic acids is 1. The molecule has 1 fully saturated rings. The minimum absolute atomic E-state index is 0.0142. The molecule has 0 spiro atoms. The van der Waals surface area contributed by atoms with Crippen LogP contribution < -0.4 is 14.4 Å². The van der Waals surface area contributed by atoms with E-state index in [4.69, 9.17) is 21.1 Å². The Morgan fingerprint density at radius 1 is 0.906 bits per heavy atom. The average Bonchev–Trinajstić information content (AvgIpc) is 2.84. The van der Waals surface area contributed by atoms with E-state index >= 15 is 0 Å². The first kappa shape index (κ1) is 21.9. The molecule has 0 bridgehead atoms. The summed E-state index contributed by atoms with van der Waals surface area (Å²) >= 11 is 6.25. The van der Waals surface area contributed by atoms with Crippen LogP contribution in [0.3, 0.4) is 0 Å². The zero-order chi connectivity index (χ0) is 22.3. The van der Waals surface area contributed by atoms with E-state index in [-0.39, 0.29) is 12.5 Å². The molecule has 2 heterocycles. The van der Waals surface area contributed by atoms with Gasteiger partial charge in [-0.15, -0.1) is 10.2 Å². The number of rotatable bonds is 7. The number of hydrogen-bond donors (Lipinski definition) is 0. The third kappa shape index (κ3) is 5.29. The van der Waals surface area contributed by atoms with Crippen LogP contribution in [0.1, 0.15) is 6.92 Å². The summed E-state index contributed by atoms with van der Waals surface area (Å²) in [5.74, 6) is 2.19. The molecule has 8 heteroatoms. The molecular formula is C24H25ClN4O3. The van der Waals surface area contributed by atoms with Gasteiger partial charge in [0.15, 0.2) is 12.4 Å². The molecule has 2 aromatic carbocycles. The van der Waals surface area contributed by atoms with Crippen molar-refractivity contribution < 1.29 is 14.3 Å². The summed E-state index contributed by atoms with van der Waals surface area (Å²) in [6, 6.07) is 18.7. The third-order valence-corrected chi connectivity index (χ3v) is 5.58. The SMILES string of the molecule is CCOc1ccc(OCC(=O)N2CCN(c3ccc(-c4ccccc4Cl)nn3)CC2)cc1. The van der Waals surface area contributed by atoms with Crippen LogP contribution in [0.2, 0.25) is 5.02 Å². The molecule has 1 aliphatic rings. The Kier molecular flexibility index (Phi) is 7.07. The quantitative estimate of drug-likeness (QED) is 0.541. The first-order chi connectivity index (χ1) is 15.6. The van der Waals surface area contributed by atoms with Gasteiger partial charge in [-0.1, -0.05) is 29.8 Å². The van der Waals surface area contributed by atoms with Crippen LogP contribution in [0, 0.1) is 0 Å². The standard InChI is InChI=1S/C24H25ClN4O3/c1-2-31-18-7-9-19(10-8-18)32-17-24(30)29-15-13-28(14-16-29)23-12-11-22(26-27-23)20-5-3-4-6-21(20)25/h3-12H,2,13-17H2,1H3. The van der Waals surface area contributed by atoms with Gasteiger partial charge in [0.25, 0.3) is 5.91 Å². The second-order valence-electron chi connectivity index (χ2n) is 7.32. The van der Waals surface area contributed by atoms with Crippen molar-refractivity contribution in [1.29, 1.82) is 0 Å². The van der Waals surface area contributed by atoms with Gasteiger partial charge in [-0.05, 0) is 49.4 Å². The second kappa shape index (κ2) is 10.3. The number of piperazine rings is 1. The largest absolute Gasteiger partial charge is 0.494 e. The van der Waals surface area contributed by atoms with Crippen LogP contribution >= 0.6 is 11.6 Å². The predicted molar refractivity (Wildman–Crippen MR) is 124 cm³/mol. The number of anilines is 1. The van der Waals surface area contributed by atoms with E-state index in [2.05, 4.69) is 15.1 Å². The van der Waals surface area contributed by atoms with Crippen LogP contribution in [0.5, 0.6) is 11.5 Å². The van der Waals surface area contributed by atoms with Crippen LogP contribution in [0.25, 0.3) is 11.3 Å². The number of halogens is 1. The van der Waals surface area contributed by atoms with E-state index in [1.54, 1.807) is 12.1 Å². The van der Waals surface area contributed by atoms with E-state index in [0.717, 1.165) is 22.8 Å². The van der Waals surface area contributed by atoms with Gasteiger partial charge in [0.2, 0.25) is 0 Å². The number of ether oxygens (including phenoxy) is 2. The van der Waals surface area contributed by atoms with E-state index in [0.29, 0.717) is 43.6 Å². The Morgan fingerprint density at radius 2 is 1.59 bits per heavy atom. The molecule has 0 N–H and O–H groups in total. The third-order valence-electron chi connectivity index (χ3n) is 5.25. The number of benzene rings is 2. The van der Waals surface area contributed by atoms with Crippen molar-refractivity contribution in [2.75, 3.05) is 44.3 Å². The Hall–Kier alpha value is -3.32. The maximum absolute atomic E-state index is 12.5. The highest BCUT2D eigenvalue weighted by atomic mass is 35.5. The lowest BCUT2D eigenvalue weighted by Gasteiger charge is -2.35. The number of aromatic nitrogens is 2. The van der Waals surface area contributed by atoms with Gasteiger partial charge in [-0.3, -0.25) is 4.79 Å². The average molecular weight is 453 g/mol. The van der Waals surface area contributed by atoms with E-state index in [9.17, 15) is 4.79 Å². The molecule has 1 amide bonds. The van der Waals surface area contributed by atoms with E-state index in [1.165, 1.54) is 0 Å². The minimum atomic E-state index is -0.0290. The first-order valence-electron chi connectivity index (χ1n) is 10.6. The number of carbonyl (C=O) groups is 1. The summed E-state index contributed by atoms with van der Waals surface area (Å²) in [6.07, 6.45) is 0. The predicted octanol–water partition coefficient (Wildman–Crippen LogP) is 3.92. The van der Waals surface area contributed by atoms with Crippen LogP contribution in [0.15, 0.2) is 60.7 Å². The fourth-order valence-electron chi connectivity index (χ4n) is 3.53. The molecule has 0 saturated carbocycles. The second-order valence-corrected chi connectivity index (χ2v) is 7.72. The van der Waals surface area contributed by atoms with Gasteiger partial charge in [-0.2, -0.15) is 0 Å². The van der Waals surface area contributed by atoms with Crippen LogP contribution in [0.4, 0.5) is 5.82 Å². The molecule has 7 nitrogen and oxygen atoms in total. The lowest BCUT2D eigenvalue weighted by Crippen LogP contribution is -2.50. The lowest BCUT2D eigenvalue weighted by atomic mass is 10.1. The molecule has 4 rings (SSSR count). The van der Waals surface area contributed by atoms with Gasteiger partial charge in [0.05, 0.1) is 17.3 Å². The zero-order valence-electron chi connectivity index (χ0n) is 17.9. The van der Waals surface area contributed by atoms with Crippen LogP contribution in [-0.2, 0) is 4.79 Å². The van der Waals surface area contributed by atoms with E-state index < -0.39 is 0 Å². The monoisotopic (exact) mass is 452 g/mol. The number of hydrogen-bond acceptors (Lipinski definition) is 6. The van der Waals surface area contributed by atoms with Crippen molar-refractivity contribution in [3.8, 4) is 22.8 Å². The molecule has 0 unspecified atom stereocenters. The normalized spacial score (nSPS) is 13.7. The van der Waals surface area contributed by atoms with Crippen molar-refractivity contribution >= 4 is 23.3 Å². The van der Waals surface area contributed by atoms with Crippen LogP contribution in [-0.4, -0.2) is 60.4 Å². The maximum atomic E-state index is 12.5. The molecule has 0 radical (unpaired) electrons. The van der Waals surface area contributed by atoms with Crippen molar-refractivity contribution in [2.45, 2.75) is 6.92 Å². The molecule has 0 aliphatic carbocycles. The summed E-state index contributed by atoms with van der Waals surface area (Å²) in [7, 11) is 0. The summed E-state index contributed by atoms with van der Waals surface area (Å²) < 4.78 is 11.0. The van der Waals surface area contributed by atoms with Gasteiger partial charge in [0, 0.05) is 31.7 Å². The van der Waals surface area contributed by atoms with Crippen molar-refractivity contribution in [1.82, 2.24) is 15.1 Å². The molecule has 1 aromatic heterocycles. The highest BCUT2D eigenvalue weighted by Crippen LogP contribution is 2.26.